The maximum atomic E-state index is 12.3. The third kappa shape index (κ3) is 2.85. The van der Waals surface area contributed by atoms with E-state index in [1.807, 2.05) is 11.8 Å². The van der Waals surface area contributed by atoms with Gasteiger partial charge >= 0.3 is 5.97 Å². The Bertz CT molecular complexity index is 481. The van der Waals surface area contributed by atoms with Crippen LogP contribution in [0.4, 0.5) is 0 Å². The first-order valence-corrected chi connectivity index (χ1v) is 6.95. The van der Waals surface area contributed by atoms with Crippen molar-refractivity contribution in [2.75, 3.05) is 24.6 Å². The summed E-state index contributed by atoms with van der Waals surface area (Å²) in [5.74, 6) is 0.829. The van der Waals surface area contributed by atoms with Crippen molar-refractivity contribution in [1.29, 1.82) is 0 Å². The minimum Gasteiger partial charge on any atom is -0.478 e. The molecular weight excluding hydrogens is 250 g/mol. The molecule has 1 amide bonds. The summed E-state index contributed by atoms with van der Waals surface area (Å²) in [6.07, 6.45) is 0. The quantitative estimate of drug-likeness (QED) is 0.887. The lowest BCUT2D eigenvalue weighted by Crippen LogP contribution is -2.38. The fourth-order valence-electron chi connectivity index (χ4n) is 1.98. The highest BCUT2D eigenvalue weighted by molar-refractivity contribution is 7.99. The highest BCUT2D eigenvalue weighted by atomic mass is 32.2. The molecule has 0 bridgehead atoms. The molecular formula is C13H15NO3S. The number of carboxylic acid groups (broad SMARTS) is 1. The van der Waals surface area contributed by atoms with Gasteiger partial charge < -0.3 is 10.0 Å². The third-order valence-corrected chi connectivity index (χ3v) is 3.81. The van der Waals surface area contributed by atoms with Crippen LogP contribution in [0.25, 0.3) is 0 Å². The molecule has 0 aliphatic carbocycles. The number of carbonyl (C=O) groups excluding carboxylic acids is 1. The molecule has 1 aromatic carbocycles. The Morgan fingerprint density at radius 1 is 1.17 bits per heavy atom. The fraction of sp³-hybridized carbons (Fsp3) is 0.385. The van der Waals surface area contributed by atoms with Crippen molar-refractivity contribution < 1.29 is 14.7 Å². The van der Waals surface area contributed by atoms with Crippen LogP contribution in [-0.2, 0) is 0 Å². The van der Waals surface area contributed by atoms with Gasteiger partial charge in [-0.1, -0.05) is 0 Å². The van der Waals surface area contributed by atoms with E-state index in [1.54, 1.807) is 24.0 Å². The van der Waals surface area contributed by atoms with Crippen LogP contribution in [0, 0.1) is 6.92 Å². The highest BCUT2D eigenvalue weighted by Gasteiger charge is 2.19. The number of hydrogen-bond donors (Lipinski definition) is 1. The number of nitrogens with zero attached hydrogens (tertiary/aromatic N) is 1. The summed E-state index contributed by atoms with van der Waals surface area (Å²) in [4.78, 5) is 25.0. The molecule has 4 nitrogen and oxygen atoms in total. The second-order valence-corrected chi connectivity index (χ2v) is 5.52. The smallest absolute Gasteiger partial charge is 0.335 e. The lowest BCUT2D eigenvalue weighted by atomic mass is 10.1. The van der Waals surface area contributed by atoms with Gasteiger partial charge in [-0.25, -0.2) is 4.79 Å². The van der Waals surface area contributed by atoms with Crippen LogP contribution in [-0.4, -0.2) is 46.5 Å². The number of carboxylic acids is 1. The molecule has 1 aliphatic heterocycles. The molecule has 1 saturated heterocycles. The Hall–Kier alpha value is -1.49. The van der Waals surface area contributed by atoms with Gasteiger partial charge in [0.1, 0.15) is 0 Å². The monoisotopic (exact) mass is 265 g/mol. The van der Waals surface area contributed by atoms with Crippen LogP contribution >= 0.6 is 11.8 Å². The molecule has 1 fully saturated rings. The van der Waals surface area contributed by atoms with Crippen LogP contribution in [0.3, 0.4) is 0 Å². The lowest BCUT2D eigenvalue weighted by Gasteiger charge is -2.26. The van der Waals surface area contributed by atoms with Crippen molar-refractivity contribution in [2.24, 2.45) is 0 Å². The largest absolute Gasteiger partial charge is 0.478 e. The number of aromatic carboxylic acids is 1. The molecule has 0 radical (unpaired) electrons. The van der Waals surface area contributed by atoms with Gasteiger partial charge in [-0.2, -0.15) is 11.8 Å². The van der Waals surface area contributed by atoms with Crippen molar-refractivity contribution in [3.63, 3.8) is 0 Å². The van der Waals surface area contributed by atoms with Crippen molar-refractivity contribution in [3.05, 3.63) is 34.9 Å². The zero-order valence-corrected chi connectivity index (χ0v) is 11.0. The molecule has 1 heterocycles. The Morgan fingerprint density at radius 2 is 1.78 bits per heavy atom. The van der Waals surface area contributed by atoms with E-state index in [9.17, 15) is 9.59 Å². The SMILES string of the molecule is Cc1cc(C(=O)O)cc(C(=O)N2CCSCC2)c1. The van der Waals surface area contributed by atoms with E-state index in [0.29, 0.717) is 5.56 Å². The summed E-state index contributed by atoms with van der Waals surface area (Å²) in [6, 6.07) is 4.78. The number of rotatable bonds is 2. The van der Waals surface area contributed by atoms with Crippen molar-refractivity contribution in [1.82, 2.24) is 4.90 Å². The molecule has 0 unspecified atom stereocenters. The third-order valence-electron chi connectivity index (χ3n) is 2.87. The minimum atomic E-state index is -0.998. The van der Waals surface area contributed by atoms with Gasteiger partial charge in [0.15, 0.2) is 0 Å². The molecule has 0 atom stereocenters. The summed E-state index contributed by atoms with van der Waals surface area (Å²) in [6.45, 7) is 3.27. The molecule has 0 saturated carbocycles. The molecule has 0 aromatic heterocycles. The van der Waals surface area contributed by atoms with E-state index in [4.69, 9.17) is 5.11 Å². The van der Waals surface area contributed by atoms with E-state index in [0.717, 1.165) is 30.2 Å². The van der Waals surface area contributed by atoms with E-state index < -0.39 is 5.97 Å². The van der Waals surface area contributed by atoms with Crippen LogP contribution in [0.1, 0.15) is 26.3 Å². The van der Waals surface area contributed by atoms with Crippen molar-refractivity contribution >= 4 is 23.6 Å². The van der Waals surface area contributed by atoms with Gasteiger partial charge in [0.05, 0.1) is 5.56 Å². The second-order valence-electron chi connectivity index (χ2n) is 4.30. The molecule has 96 valence electrons. The average molecular weight is 265 g/mol. The Morgan fingerprint density at radius 3 is 2.39 bits per heavy atom. The number of aryl methyl sites for hydroxylation is 1. The van der Waals surface area contributed by atoms with Crippen molar-refractivity contribution in [2.45, 2.75) is 6.92 Å². The highest BCUT2D eigenvalue weighted by Crippen LogP contribution is 2.16. The molecule has 5 heteroatoms. The average Bonchev–Trinajstić information content (AvgIpc) is 2.38. The second kappa shape index (κ2) is 5.44. The van der Waals surface area contributed by atoms with Crippen LogP contribution in [0.15, 0.2) is 18.2 Å². The van der Waals surface area contributed by atoms with Gasteiger partial charge in [0.2, 0.25) is 0 Å². The summed E-state index contributed by atoms with van der Waals surface area (Å²) in [7, 11) is 0. The van der Waals surface area contributed by atoms with Gasteiger partial charge in [0.25, 0.3) is 5.91 Å². The van der Waals surface area contributed by atoms with Gasteiger partial charge in [0, 0.05) is 30.2 Å². The Balaban J connectivity index is 2.26. The van der Waals surface area contributed by atoms with Gasteiger partial charge in [-0.3, -0.25) is 4.79 Å². The summed E-state index contributed by atoms with van der Waals surface area (Å²) >= 11 is 1.83. The standard InChI is InChI=1S/C13H15NO3S/c1-9-6-10(8-11(7-9)13(16)17)12(15)14-2-4-18-5-3-14/h6-8H,2-5H2,1H3,(H,16,17). The number of benzene rings is 1. The Labute approximate surface area is 110 Å². The number of hydrogen-bond acceptors (Lipinski definition) is 3. The van der Waals surface area contributed by atoms with Crippen LogP contribution in [0.5, 0.6) is 0 Å². The van der Waals surface area contributed by atoms with E-state index in [1.165, 1.54) is 6.07 Å². The van der Waals surface area contributed by atoms with E-state index >= 15 is 0 Å². The topological polar surface area (TPSA) is 57.6 Å². The predicted molar refractivity (Wildman–Crippen MR) is 71.4 cm³/mol. The number of carbonyl (C=O) groups is 2. The predicted octanol–water partition coefficient (Wildman–Crippen LogP) is 1.88. The molecule has 1 N–H and O–H groups in total. The van der Waals surface area contributed by atoms with Gasteiger partial charge in [-0.05, 0) is 30.7 Å². The molecule has 2 rings (SSSR count). The molecule has 0 spiro atoms. The normalized spacial score (nSPS) is 15.5. The van der Waals surface area contributed by atoms with Crippen LogP contribution < -0.4 is 0 Å². The zero-order valence-electron chi connectivity index (χ0n) is 10.2. The fourth-order valence-corrected chi connectivity index (χ4v) is 2.88. The first-order chi connectivity index (χ1) is 8.58. The maximum Gasteiger partial charge on any atom is 0.335 e. The Kier molecular flexibility index (Phi) is 3.91. The summed E-state index contributed by atoms with van der Waals surface area (Å²) in [5, 5.41) is 9.00. The minimum absolute atomic E-state index is 0.0681. The maximum absolute atomic E-state index is 12.3. The lowest BCUT2D eigenvalue weighted by molar-refractivity contribution is 0.0696. The van der Waals surface area contributed by atoms with E-state index in [2.05, 4.69) is 0 Å². The van der Waals surface area contributed by atoms with E-state index in [-0.39, 0.29) is 11.5 Å². The zero-order chi connectivity index (χ0) is 13.1. The summed E-state index contributed by atoms with van der Waals surface area (Å²) < 4.78 is 0. The van der Waals surface area contributed by atoms with Crippen LogP contribution in [0.2, 0.25) is 0 Å². The molecule has 18 heavy (non-hydrogen) atoms. The number of thioether (sulfide) groups is 1. The summed E-state index contributed by atoms with van der Waals surface area (Å²) in [5.41, 5.74) is 1.44. The molecule has 1 aromatic rings. The molecule has 1 aliphatic rings. The number of amides is 1. The first-order valence-electron chi connectivity index (χ1n) is 5.80. The van der Waals surface area contributed by atoms with Crippen molar-refractivity contribution in [3.8, 4) is 0 Å². The first kappa shape index (κ1) is 13.0. The van der Waals surface area contributed by atoms with Gasteiger partial charge in [-0.15, -0.1) is 0 Å².